The highest BCUT2D eigenvalue weighted by molar-refractivity contribution is 5.87. The van der Waals surface area contributed by atoms with Gasteiger partial charge in [-0.3, -0.25) is 9.59 Å². The summed E-state index contributed by atoms with van der Waals surface area (Å²) < 4.78 is 36.3. The Hall–Kier alpha value is -6.25. The lowest BCUT2D eigenvalue weighted by atomic mass is 9.90. The molecule has 4 aromatic rings. The Morgan fingerprint density at radius 3 is 1.68 bits per heavy atom. The average Bonchev–Trinajstić information content (AvgIpc) is 4.17. The van der Waals surface area contributed by atoms with Gasteiger partial charge in [0.05, 0.1) is 50.1 Å². The number of hydrogen-bond acceptors (Lipinski definition) is 10. The standard InChI is InChI=1S/C46H53FN8O8/c1-60-45(58)52-39(31-15-21-62-22-16-31)43(56)54-19-3-5-37(54)41-48-26-35(50-41)30-12-9-28(10-13-30)7-8-29-11-14-33(34(47)25-29)36-27-49-42(51-36)38-6-4-20-55(38)44(57)40(53-46(59)61-2)32-17-23-63-24-18-32/h9-14,25-27,31-32,37-40H,3-6,15-24H2,1-2H3,(H,48,50)(H,49,51)(H,52,58)(H,53,59)/t37-,38-,39-,40-/m0/s1. The van der Waals surface area contributed by atoms with Gasteiger partial charge in [-0.25, -0.2) is 23.9 Å². The second-order valence-electron chi connectivity index (χ2n) is 16.4. The molecule has 4 saturated heterocycles. The van der Waals surface area contributed by atoms with Gasteiger partial charge in [0.15, 0.2) is 0 Å². The monoisotopic (exact) mass is 864 g/mol. The largest absolute Gasteiger partial charge is 0.453 e. The average molecular weight is 865 g/mol. The minimum atomic E-state index is -0.750. The Bertz CT molecular complexity index is 2330. The number of halogens is 1. The molecule has 17 heteroatoms. The molecule has 16 nitrogen and oxygen atoms in total. The number of alkyl carbamates (subject to hydrolysis) is 2. The topological polar surface area (TPSA) is 193 Å². The van der Waals surface area contributed by atoms with Gasteiger partial charge in [-0.2, -0.15) is 0 Å². The molecular formula is C46H53FN8O8. The second-order valence-corrected chi connectivity index (χ2v) is 16.4. The van der Waals surface area contributed by atoms with Crippen LogP contribution in [0, 0.1) is 29.5 Å². The third kappa shape index (κ3) is 9.87. The molecule has 332 valence electrons. The molecule has 63 heavy (non-hydrogen) atoms. The van der Waals surface area contributed by atoms with Gasteiger partial charge in [0.1, 0.15) is 29.5 Å². The van der Waals surface area contributed by atoms with Crippen LogP contribution in [-0.4, -0.2) is 120 Å². The molecule has 0 saturated carbocycles. The SMILES string of the molecule is COC(=O)N[C@H](C(=O)N1CCC[C@H]1c1ncc(-c2ccc(C#Cc3ccc(-c4cnc([C@@H]5CCCN5C(=O)[C@@H](NC(=O)OC)C5CCOCC5)[nH]4)c(F)c3)cc2)[nH]1)C1CCOCC1. The molecule has 8 rings (SSSR count). The van der Waals surface area contributed by atoms with Crippen LogP contribution in [0.15, 0.2) is 54.9 Å². The summed E-state index contributed by atoms with van der Waals surface area (Å²) in [6, 6.07) is 10.4. The Labute approximate surface area is 365 Å². The van der Waals surface area contributed by atoms with Gasteiger partial charge in [-0.15, -0.1) is 0 Å². The van der Waals surface area contributed by atoms with E-state index >= 15 is 4.39 Å². The number of hydrogen-bond donors (Lipinski definition) is 4. The number of rotatable bonds is 10. The molecule has 6 heterocycles. The Kier molecular flexibility index (Phi) is 13.7. The Morgan fingerprint density at radius 1 is 0.698 bits per heavy atom. The molecule has 4 aliphatic heterocycles. The molecule has 4 fully saturated rings. The second kappa shape index (κ2) is 19.9. The van der Waals surface area contributed by atoms with Crippen molar-refractivity contribution in [1.29, 1.82) is 0 Å². The number of methoxy groups -OCH3 is 2. The van der Waals surface area contributed by atoms with E-state index in [1.165, 1.54) is 20.3 Å². The maximum Gasteiger partial charge on any atom is 0.407 e. The molecular weight excluding hydrogens is 812 g/mol. The molecule has 2 aromatic heterocycles. The first-order valence-corrected chi connectivity index (χ1v) is 21.7. The number of ether oxygens (including phenoxy) is 4. The van der Waals surface area contributed by atoms with Gasteiger partial charge in [0.2, 0.25) is 11.8 Å². The Morgan fingerprint density at radius 2 is 1.17 bits per heavy atom. The number of benzene rings is 2. The fourth-order valence-electron chi connectivity index (χ4n) is 9.20. The van der Waals surface area contributed by atoms with E-state index in [0.29, 0.717) is 100 Å². The predicted molar refractivity (Wildman–Crippen MR) is 227 cm³/mol. The highest BCUT2D eigenvalue weighted by atomic mass is 19.1. The number of likely N-dealkylation sites (tertiary alicyclic amines) is 2. The fraction of sp³-hybridized carbons (Fsp3) is 0.478. The van der Waals surface area contributed by atoms with Crippen molar-refractivity contribution in [2.45, 2.75) is 75.5 Å². The summed E-state index contributed by atoms with van der Waals surface area (Å²) in [5.74, 6) is 6.48. The van der Waals surface area contributed by atoms with E-state index in [1.807, 2.05) is 29.2 Å². The summed E-state index contributed by atoms with van der Waals surface area (Å²) in [5, 5.41) is 5.55. The lowest BCUT2D eigenvalue weighted by Gasteiger charge is -2.34. The molecule has 0 aliphatic carbocycles. The summed E-state index contributed by atoms with van der Waals surface area (Å²) in [5.41, 5.74) is 3.72. The van der Waals surface area contributed by atoms with E-state index in [0.717, 1.165) is 36.1 Å². The highest BCUT2D eigenvalue weighted by Crippen LogP contribution is 2.36. The quantitative estimate of drug-likeness (QED) is 0.145. The molecule has 0 radical (unpaired) electrons. The first-order valence-electron chi connectivity index (χ1n) is 21.7. The van der Waals surface area contributed by atoms with E-state index in [2.05, 4.69) is 42.4 Å². The molecule has 0 unspecified atom stereocenters. The van der Waals surface area contributed by atoms with Gasteiger partial charge < -0.3 is 49.3 Å². The van der Waals surface area contributed by atoms with Crippen molar-refractivity contribution in [3.05, 3.63) is 83.5 Å². The number of aromatic nitrogens is 4. The lowest BCUT2D eigenvalue weighted by molar-refractivity contribution is -0.137. The first-order chi connectivity index (χ1) is 30.7. The maximum absolute atomic E-state index is 15.6. The summed E-state index contributed by atoms with van der Waals surface area (Å²) in [7, 11) is 2.57. The number of H-pyrrole nitrogens is 2. The third-order valence-corrected chi connectivity index (χ3v) is 12.6. The van der Waals surface area contributed by atoms with Crippen LogP contribution in [0.4, 0.5) is 14.0 Å². The van der Waals surface area contributed by atoms with Crippen LogP contribution in [0.25, 0.3) is 22.5 Å². The molecule has 4 N–H and O–H groups in total. The highest BCUT2D eigenvalue weighted by Gasteiger charge is 2.41. The summed E-state index contributed by atoms with van der Waals surface area (Å²) in [4.78, 5) is 71.8. The van der Waals surface area contributed by atoms with Crippen molar-refractivity contribution in [2.75, 3.05) is 53.7 Å². The molecule has 4 aliphatic rings. The summed E-state index contributed by atoms with van der Waals surface area (Å²) >= 11 is 0. The minimum absolute atomic E-state index is 0.0499. The number of amides is 4. The van der Waals surface area contributed by atoms with Crippen molar-refractivity contribution >= 4 is 24.0 Å². The van der Waals surface area contributed by atoms with E-state index in [1.54, 1.807) is 29.4 Å². The molecule has 0 spiro atoms. The van der Waals surface area contributed by atoms with Crippen molar-refractivity contribution in [3.63, 3.8) is 0 Å². The number of nitrogens with one attached hydrogen (secondary N) is 4. The number of carbonyl (C=O) groups is 4. The number of imidazole rings is 2. The smallest absolute Gasteiger partial charge is 0.407 e. The number of nitrogens with zero attached hydrogens (tertiary/aromatic N) is 4. The minimum Gasteiger partial charge on any atom is -0.453 e. The van der Waals surface area contributed by atoms with E-state index in [9.17, 15) is 19.2 Å². The zero-order valence-electron chi connectivity index (χ0n) is 35.5. The van der Waals surface area contributed by atoms with Crippen molar-refractivity contribution in [3.8, 4) is 34.4 Å². The lowest BCUT2D eigenvalue weighted by Crippen LogP contribution is -2.53. The zero-order valence-corrected chi connectivity index (χ0v) is 35.5. The van der Waals surface area contributed by atoms with Gasteiger partial charge in [-0.1, -0.05) is 24.0 Å². The first kappa shape index (κ1) is 43.4. The predicted octanol–water partition coefficient (Wildman–Crippen LogP) is 5.64. The van der Waals surface area contributed by atoms with Gasteiger partial charge in [-0.05, 0) is 99.1 Å². The third-order valence-electron chi connectivity index (χ3n) is 12.6. The fourth-order valence-corrected chi connectivity index (χ4v) is 9.20. The van der Waals surface area contributed by atoms with E-state index in [-0.39, 0.29) is 35.7 Å². The zero-order chi connectivity index (χ0) is 43.9. The summed E-state index contributed by atoms with van der Waals surface area (Å²) in [6.07, 6.45) is 7.68. The van der Waals surface area contributed by atoms with Crippen LogP contribution in [0.1, 0.15) is 86.2 Å². The van der Waals surface area contributed by atoms with Gasteiger partial charge >= 0.3 is 12.2 Å². The van der Waals surface area contributed by atoms with Crippen LogP contribution in [0.3, 0.4) is 0 Å². The molecule has 4 amide bonds. The van der Waals surface area contributed by atoms with Crippen LogP contribution in [0.2, 0.25) is 0 Å². The van der Waals surface area contributed by atoms with Crippen LogP contribution < -0.4 is 10.6 Å². The van der Waals surface area contributed by atoms with Crippen LogP contribution in [0.5, 0.6) is 0 Å². The van der Waals surface area contributed by atoms with Gasteiger partial charge in [0, 0.05) is 56.2 Å². The summed E-state index contributed by atoms with van der Waals surface area (Å²) in [6.45, 7) is 3.19. The Balaban J connectivity index is 0.905. The van der Waals surface area contributed by atoms with E-state index in [4.69, 9.17) is 18.9 Å². The molecule has 4 atom stereocenters. The van der Waals surface area contributed by atoms with Crippen LogP contribution in [-0.2, 0) is 28.5 Å². The number of aromatic amines is 2. The molecule has 0 bridgehead atoms. The molecule has 2 aromatic carbocycles. The normalized spacial score (nSPS) is 20.4. The van der Waals surface area contributed by atoms with E-state index < -0.39 is 30.1 Å². The van der Waals surface area contributed by atoms with Crippen molar-refractivity contribution in [1.82, 2.24) is 40.4 Å². The van der Waals surface area contributed by atoms with Gasteiger partial charge in [0.25, 0.3) is 0 Å². The van der Waals surface area contributed by atoms with Crippen molar-refractivity contribution in [2.24, 2.45) is 11.8 Å². The van der Waals surface area contributed by atoms with Crippen molar-refractivity contribution < 1.29 is 42.5 Å². The van der Waals surface area contributed by atoms with Crippen LogP contribution >= 0.6 is 0 Å². The maximum atomic E-state index is 15.6. The number of carbonyl (C=O) groups excluding carboxylic acids is 4.